The Morgan fingerprint density at radius 1 is 1.35 bits per heavy atom. The minimum atomic E-state index is -0.249. The molecule has 0 spiro atoms. The van der Waals surface area contributed by atoms with E-state index in [9.17, 15) is 4.39 Å². The van der Waals surface area contributed by atoms with Crippen molar-refractivity contribution in [2.75, 3.05) is 0 Å². The van der Waals surface area contributed by atoms with Crippen molar-refractivity contribution in [3.63, 3.8) is 0 Å². The van der Waals surface area contributed by atoms with E-state index in [4.69, 9.17) is 5.73 Å². The monoisotopic (exact) mass is 233 g/mol. The van der Waals surface area contributed by atoms with Crippen molar-refractivity contribution in [3.05, 3.63) is 41.8 Å². The highest BCUT2D eigenvalue weighted by Gasteiger charge is 2.10. The maximum atomic E-state index is 13.3. The van der Waals surface area contributed by atoms with Gasteiger partial charge in [-0.25, -0.2) is 4.39 Å². The van der Waals surface area contributed by atoms with Crippen LogP contribution in [0.1, 0.15) is 18.9 Å². The molecule has 1 aromatic carbocycles. The van der Waals surface area contributed by atoms with Crippen molar-refractivity contribution >= 4 is 0 Å². The van der Waals surface area contributed by atoms with Gasteiger partial charge in [0.25, 0.3) is 0 Å². The smallest absolute Gasteiger partial charge is 0.123 e. The van der Waals surface area contributed by atoms with Gasteiger partial charge in [0.1, 0.15) is 5.82 Å². The zero-order valence-electron chi connectivity index (χ0n) is 9.86. The summed E-state index contributed by atoms with van der Waals surface area (Å²) >= 11 is 0. The first-order chi connectivity index (χ1) is 8.26. The molecule has 0 aliphatic heterocycles. The highest BCUT2D eigenvalue weighted by molar-refractivity contribution is 5.64. The molecule has 0 radical (unpaired) electrons. The van der Waals surface area contributed by atoms with Gasteiger partial charge in [-0.1, -0.05) is 13.0 Å². The third kappa shape index (κ3) is 2.36. The van der Waals surface area contributed by atoms with Crippen LogP contribution in [0.25, 0.3) is 11.3 Å². The zero-order chi connectivity index (χ0) is 12.3. The Labute approximate surface area is 100 Å². The second-order valence-electron chi connectivity index (χ2n) is 3.95. The second kappa shape index (κ2) is 5.10. The van der Waals surface area contributed by atoms with Crippen LogP contribution in [0.4, 0.5) is 4.39 Å². The summed E-state index contributed by atoms with van der Waals surface area (Å²) in [4.78, 5) is 0. The molecule has 1 heterocycles. The average Bonchev–Trinajstić information content (AvgIpc) is 2.77. The van der Waals surface area contributed by atoms with Crippen LogP contribution in [0, 0.1) is 5.82 Å². The van der Waals surface area contributed by atoms with E-state index in [2.05, 4.69) is 12.0 Å². The Hall–Kier alpha value is -1.68. The Morgan fingerprint density at radius 2 is 2.18 bits per heavy atom. The quantitative estimate of drug-likeness (QED) is 0.882. The minimum Gasteiger partial charge on any atom is -0.326 e. The van der Waals surface area contributed by atoms with Crippen molar-refractivity contribution in [2.45, 2.75) is 26.4 Å². The summed E-state index contributed by atoms with van der Waals surface area (Å²) in [6.45, 7) is 3.30. The number of nitrogens with two attached hydrogens (primary N) is 1. The van der Waals surface area contributed by atoms with E-state index in [-0.39, 0.29) is 5.82 Å². The lowest BCUT2D eigenvalue weighted by Gasteiger charge is -2.10. The first-order valence-corrected chi connectivity index (χ1v) is 5.77. The summed E-state index contributed by atoms with van der Waals surface area (Å²) in [5.41, 5.74) is 8.37. The minimum absolute atomic E-state index is 0.249. The highest BCUT2D eigenvalue weighted by Crippen LogP contribution is 2.24. The number of aryl methyl sites for hydroxylation is 1. The molecule has 0 saturated heterocycles. The Bertz CT molecular complexity index is 505. The third-order valence-corrected chi connectivity index (χ3v) is 2.72. The number of aromatic nitrogens is 2. The van der Waals surface area contributed by atoms with Crippen LogP contribution < -0.4 is 5.73 Å². The molecule has 2 N–H and O–H groups in total. The summed E-state index contributed by atoms with van der Waals surface area (Å²) < 4.78 is 15.2. The summed E-state index contributed by atoms with van der Waals surface area (Å²) in [7, 11) is 0. The van der Waals surface area contributed by atoms with Gasteiger partial charge in [-0.2, -0.15) is 5.10 Å². The van der Waals surface area contributed by atoms with Gasteiger partial charge in [0.2, 0.25) is 0 Å². The van der Waals surface area contributed by atoms with Crippen molar-refractivity contribution < 1.29 is 4.39 Å². The molecular weight excluding hydrogens is 217 g/mol. The van der Waals surface area contributed by atoms with E-state index < -0.39 is 0 Å². The van der Waals surface area contributed by atoms with E-state index in [1.54, 1.807) is 12.3 Å². The summed E-state index contributed by atoms with van der Waals surface area (Å²) in [5.74, 6) is -0.249. The topological polar surface area (TPSA) is 43.8 Å². The molecule has 0 atom stereocenters. The zero-order valence-corrected chi connectivity index (χ0v) is 9.86. The maximum absolute atomic E-state index is 13.3. The van der Waals surface area contributed by atoms with Gasteiger partial charge in [0.15, 0.2) is 0 Å². The fraction of sp³-hybridized carbons (Fsp3) is 0.308. The lowest BCUT2D eigenvalue weighted by Crippen LogP contribution is -2.05. The van der Waals surface area contributed by atoms with Crippen LogP contribution >= 0.6 is 0 Å². The first kappa shape index (κ1) is 11.8. The molecule has 0 amide bonds. The normalized spacial score (nSPS) is 10.8. The molecule has 0 aliphatic rings. The molecule has 1 aromatic heterocycles. The number of halogens is 1. The van der Waals surface area contributed by atoms with Crippen molar-refractivity contribution in [3.8, 4) is 11.3 Å². The summed E-state index contributed by atoms with van der Waals surface area (Å²) in [6, 6.07) is 6.58. The average molecular weight is 233 g/mol. The molecule has 90 valence electrons. The molecule has 2 aromatic rings. The van der Waals surface area contributed by atoms with Crippen molar-refractivity contribution in [2.24, 2.45) is 5.73 Å². The fourth-order valence-corrected chi connectivity index (χ4v) is 1.92. The third-order valence-electron chi connectivity index (χ3n) is 2.72. The van der Waals surface area contributed by atoms with Gasteiger partial charge in [0.05, 0.1) is 5.69 Å². The Kier molecular flexibility index (Phi) is 3.54. The molecular formula is C13H16FN3. The van der Waals surface area contributed by atoms with E-state index in [0.29, 0.717) is 6.54 Å². The lowest BCUT2D eigenvalue weighted by atomic mass is 10.0. The number of hydrogen-bond acceptors (Lipinski definition) is 2. The van der Waals surface area contributed by atoms with Crippen LogP contribution in [0.2, 0.25) is 0 Å². The van der Waals surface area contributed by atoms with Gasteiger partial charge in [-0.15, -0.1) is 0 Å². The lowest BCUT2D eigenvalue weighted by molar-refractivity contribution is 0.606. The van der Waals surface area contributed by atoms with E-state index in [1.165, 1.54) is 12.1 Å². The molecule has 0 saturated carbocycles. The van der Waals surface area contributed by atoms with E-state index in [1.807, 2.05) is 10.7 Å². The molecule has 0 bridgehead atoms. The highest BCUT2D eigenvalue weighted by atomic mass is 19.1. The number of benzene rings is 1. The number of nitrogens with zero attached hydrogens (tertiary/aromatic N) is 2. The molecule has 4 heteroatoms. The molecule has 0 unspecified atom stereocenters. The Morgan fingerprint density at radius 3 is 2.88 bits per heavy atom. The number of hydrogen-bond donors (Lipinski definition) is 1. The van der Waals surface area contributed by atoms with E-state index in [0.717, 1.165) is 29.8 Å². The first-order valence-electron chi connectivity index (χ1n) is 5.77. The molecule has 17 heavy (non-hydrogen) atoms. The standard InChI is InChI=1S/C13H16FN3/c1-2-7-17-13(5-6-16-17)12-8-11(14)4-3-10(12)9-15/h3-6,8H,2,7,9,15H2,1H3. The van der Waals surface area contributed by atoms with E-state index >= 15 is 0 Å². The SMILES string of the molecule is CCCn1nccc1-c1cc(F)ccc1CN. The van der Waals surface area contributed by atoms with Gasteiger partial charge < -0.3 is 5.73 Å². The molecule has 0 fully saturated rings. The van der Waals surface area contributed by atoms with Crippen molar-refractivity contribution in [1.82, 2.24) is 9.78 Å². The number of rotatable bonds is 4. The molecule has 3 nitrogen and oxygen atoms in total. The van der Waals surface area contributed by atoms with Crippen LogP contribution in [0.15, 0.2) is 30.5 Å². The Balaban J connectivity index is 2.51. The predicted octanol–water partition coefficient (Wildman–Crippen LogP) is 2.56. The fourth-order valence-electron chi connectivity index (χ4n) is 1.92. The van der Waals surface area contributed by atoms with Crippen molar-refractivity contribution in [1.29, 1.82) is 0 Å². The van der Waals surface area contributed by atoms with Gasteiger partial charge in [-0.05, 0) is 30.2 Å². The summed E-state index contributed by atoms with van der Waals surface area (Å²) in [6.07, 6.45) is 2.72. The van der Waals surface area contributed by atoms with Gasteiger partial charge >= 0.3 is 0 Å². The van der Waals surface area contributed by atoms with Gasteiger partial charge in [0, 0.05) is 24.8 Å². The van der Waals surface area contributed by atoms with Crippen LogP contribution in [0.3, 0.4) is 0 Å². The predicted molar refractivity (Wildman–Crippen MR) is 65.8 cm³/mol. The van der Waals surface area contributed by atoms with Crippen LogP contribution in [-0.4, -0.2) is 9.78 Å². The second-order valence-corrected chi connectivity index (χ2v) is 3.95. The van der Waals surface area contributed by atoms with Crippen LogP contribution in [-0.2, 0) is 13.1 Å². The van der Waals surface area contributed by atoms with Crippen LogP contribution in [0.5, 0.6) is 0 Å². The largest absolute Gasteiger partial charge is 0.326 e. The molecule has 2 rings (SSSR count). The summed E-state index contributed by atoms with van der Waals surface area (Å²) in [5, 5.41) is 4.24. The van der Waals surface area contributed by atoms with Gasteiger partial charge in [-0.3, -0.25) is 4.68 Å². The maximum Gasteiger partial charge on any atom is 0.123 e. The molecule has 0 aliphatic carbocycles.